The fourth-order valence-corrected chi connectivity index (χ4v) is 10.9. The molecule has 7 heterocycles. The Morgan fingerprint density at radius 3 is 2.42 bits per heavy atom. The van der Waals surface area contributed by atoms with Gasteiger partial charge in [-0.2, -0.15) is 16.8 Å². The van der Waals surface area contributed by atoms with E-state index in [1.807, 2.05) is 18.0 Å². The smallest absolute Gasteiger partial charge is 0.141 e. The van der Waals surface area contributed by atoms with Crippen LogP contribution in [0.4, 0.5) is 5.69 Å². The normalized spacial score (nSPS) is 37.3. The average Bonchev–Trinajstić information content (AvgIpc) is 3.50. The van der Waals surface area contributed by atoms with Gasteiger partial charge < -0.3 is 19.8 Å². The van der Waals surface area contributed by atoms with Crippen molar-refractivity contribution in [2.24, 2.45) is 0 Å². The number of hydrogen-bond acceptors (Lipinski definition) is 10. The summed E-state index contributed by atoms with van der Waals surface area (Å²) in [7, 11) is 0. The number of morpholine rings is 1. The molecule has 5 unspecified atom stereocenters. The third-order valence-electron chi connectivity index (χ3n) is 10.4. The maximum atomic E-state index is 6.86. The number of fused-ring (bicyclic) bond motifs is 1. The van der Waals surface area contributed by atoms with E-state index in [2.05, 4.69) is 108 Å². The quantitative estimate of drug-likeness (QED) is 0.514. The van der Waals surface area contributed by atoms with Crippen LogP contribution in [0.15, 0.2) is 72.4 Å². The summed E-state index contributed by atoms with van der Waals surface area (Å²) in [5.74, 6) is 2.31. The Kier molecular flexibility index (Phi) is 8.15. The van der Waals surface area contributed by atoms with Gasteiger partial charge in [0.25, 0.3) is 0 Å². The minimum atomic E-state index is -0.357. The minimum Gasteiger partial charge on any atom is -0.492 e. The number of nitrogens with zero attached hydrogens (tertiary/aromatic N) is 5. The van der Waals surface area contributed by atoms with Crippen LogP contribution in [0.5, 0.6) is 0 Å². The van der Waals surface area contributed by atoms with E-state index in [4.69, 9.17) is 9.47 Å². The van der Waals surface area contributed by atoms with Gasteiger partial charge in [-0.1, -0.05) is 42.5 Å². The number of nitrogens with one attached hydrogen (secondary N) is 1. The Bertz CT molecular complexity index is 1270. The molecule has 7 aliphatic heterocycles. The monoisotopic (exact) mass is 620 g/mol. The van der Waals surface area contributed by atoms with E-state index in [0.29, 0.717) is 0 Å². The van der Waals surface area contributed by atoms with Gasteiger partial charge in [-0.05, 0) is 35.6 Å². The van der Waals surface area contributed by atoms with Crippen molar-refractivity contribution in [1.82, 2.24) is 25.0 Å². The van der Waals surface area contributed by atoms with Gasteiger partial charge in [-0.3, -0.25) is 14.7 Å². The summed E-state index contributed by atoms with van der Waals surface area (Å²) in [4.78, 5) is 8.49. The van der Waals surface area contributed by atoms with E-state index in [-0.39, 0.29) is 28.7 Å². The van der Waals surface area contributed by atoms with E-state index in [1.54, 1.807) is 0 Å². The number of ether oxygens (including phenoxy) is 2. The molecule has 7 aliphatic rings. The van der Waals surface area contributed by atoms with Gasteiger partial charge in [-0.25, -0.2) is 0 Å². The molecule has 0 aromatic heterocycles. The standard InChI is InChI=1S/C33H44N6O2S2/c1-2-8-28-27(7-1)11-14-38(28)39-31(35-17-22-40-23-18-35)32(29-9-3-5-21-41-29,36-19-25-42-26-20-36)33(39,30-10-4-6-24-43-30)37-15-12-34-13-16-37/h1-10,21,24,29-31,34H,11-20,22-23,25-26H2. The number of allylic oxidation sites excluding steroid dienone is 4. The molecule has 230 valence electrons. The molecule has 8 rings (SSSR count). The number of thioether (sulfide) groups is 2. The third kappa shape index (κ3) is 4.43. The zero-order chi connectivity index (χ0) is 28.7. The Hall–Kier alpha value is -1.76. The molecule has 43 heavy (non-hydrogen) atoms. The summed E-state index contributed by atoms with van der Waals surface area (Å²) in [6.07, 6.45) is 16.7. The van der Waals surface area contributed by atoms with Crippen molar-refractivity contribution < 1.29 is 9.47 Å². The number of hydrazine groups is 1. The number of hydrogen-bond donors (Lipinski definition) is 1. The van der Waals surface area contributed by atoms with Crippen LogP contribution in [0.25, 0.3) is 0 Å². The minimum absolute atomic E-state index is 0.0858. The van der Waals surface area contributed by atoms with E-state index in [0.717, 1.165) is 90.0 Å². The lowest BCUT2D eigenvalue weighted by Gasteiger charge is -2.81. The number of rotatable bonds is 6. The molecule has 4 fully saturated rings. The Morgan fingerprint density at radius 1 is 0.837 bits per heavy atom. The number of piperazine rings is 1. The lowest BCUT2D eigenvalue weighted by atomic mass is 9.61. The zero-order valence-corrected chi connectivity index (χ0v) is 26.6. The first-order chi connectivity index (χ1) is 21.4. The third-order valence-corrected chi connectivity index (χ3v) is 12.5. The van der Waals surface area contributed by atoms with E-state index in [1.165, 1.54) is 11.3 Å². The molecule has 5 atom stereocenters. The van der Waals surface area contributed by atoms with Gasteiger partial charge in [0, 0.05) is 70.4 Å². The Morgan fingerprint density at radius 2 is 1.65 bits per heavy atom. The van der Waals surface area contributed by atoms with Gasteiger partial charge in [0.05, 0.1) is 30.4 Å². The largest absolute Gasteiger partial charge is 0.492 e. The second-order valence-electron chi connectivity index (χ2n) is 12.3. The van der Waals surface area contributed by atoms with E-state index in [9.17, 15) is 0 Å². The van der Waals surface area contributed by atoms with Crippen molar-refractivity contribution in [1.29, 1.82) is 0 Å². The van der Waals surface area contributed by atoms with Gasteiger partial charge in [-0.15, -0.1) is 11.8 Å². The molecule has 0 radical (unpaired) electrons. The first-order valence-electron chi connectivity index (χ1n) is 16.1. The number of anilines is 1. The van der Waals surface area contributed by atoms with Crippen LogP contribution in [-0.4, -0.2) is 132 Å². The highest BCUT2D eigenvalue weighted by Crippen LogP contribution is 2.62. The fraction of sp³-hybridized carbons (Fsp3) is 0.576. The van der Waals surface area contributed by atoms with Crippen molar-refractivity contribution in [3.05, 3.63) is 78.0 Å². The molecular weight excluding hydrogens is 577 g/mol. The fourth-order valence-electron chi connectivity index (χ4n) is 8.85. The van der Waals surface area contributed by atoms with Gasteiger partial charge in [0.1, 0.15) is 23.5 Å². The number of benzene rings is 1. The molecule has 1 N–H and O–H groups in total. The molecule has 1 aromatic carbocycles. The predicted octanol–water partition coefficient (Wildman–Crippen LogP) is 2.98. The Balaban J connectivity index is 1.40. The molecule has 1 aromatic rings. The Labute approximate surface area is 264 Å². The summed E-state index contributed by atoms with van der Waals surface area (Å²) < 4.78 is 12.9. The van der Waals surface area contributed by atoms with Gasteiger partial charge in [0.2, 0.25) is 0 Å². The molecule has 0 bridgehead atoms. The molecule has 10 heteroatoms. The van der Waals surface area contributed by atoms with Gasteiger partial charge in [0.15, 0.2) is 0 Å². The van der Waals surface area contributed by atoms with Crippen LogP contribution in [0.1, 0.15) is 5.56 Å². The number of para-hydroxylation sites is 1. The highest BCUT2D eigenvalue weighted by molar-refractivity contribution is 8.03. The highest BCUT2D eigenvalue weighted by Gasteiger charge is 2.83. The molecule has 0 saturated carbocycles. The molecule has 0 spiro atoms. The second kappa shape index (κ2) is 12.2. The first-order valence-corrected chi connectivity index (χ1v) is 18.2. The topological polar surface area (TPSA) is 46.7 Å². The lowest BCUT2D eigenvalue weighted by molar-refractivity contribution is -0.348. The van der Waals surface area contributed by atoms with Crippen molar-refractivity contribution in [2.45, 2.75) is 35.1 Å². The van der Waals surface area contributed by atoms with Gasteiger partial charge >= 0.3 is 0 Å². The summed E-state index contributed by atoms with van der Waals surface area (Å²) in [6.45, 7) is 10.5. The van der Waals surface area contributed by atoms with Crippen LogP contribution in [0.2, 0.25) is 0 Å². The molecule has 8 nitrogen and oxygen atoms in total. The van der Waals surface area contributed by atoms with Crippen LogP contribution in [-0.2, 0) is 15.9 Å². The van der Waals surface area contributed by atoms with E-state index >= 15 is 0 Å². The maximum absolute atomic E-state index is 6.86. The van der Waals surface area contributed by atoms with Crippen molar-refractivity contribution in [2.75, 3.05) is 88.6 Å². The summed E-state index contributed by atoms with van der Waals surface area (Å²) >= 11 is 4.09. The van der Waals surface area contributed by atoms with Crippen LogP contribution >= 0.6 is 23.5 Å². The van der Waals surface area contributed by atoms with Crippen molar-refractivity contribution in [3.8, 4) is 0 Å². The SMILES string of the molecule is C1=COC(C2(N3CCSCC3)C(N3CCOCC3)N(N3CCc4ccccc43)C2(C2C=CC=CS2)N2CCNCC2)C=C1. The average molecular weight is 621 g/mol. The lowest BCUT2D eigenvalue weighted by Crippen LogP contribution is -3.02. The van der Waals surface area contributed by atoms with Crippen LogP contribution in [0, 0.1) is 0 Å². The second-order valence-corrected chi connectivity index (χ2v) is 14.6. The van der Waals surface area contributed by atoms with Crippen molar-refractivity contribution in [3.63, 3.8) is 0 Å². The summed E-state index contributed by atoms with van der Waals surface area (Å²) in [5.41, 5.74) is 2.13. The van der Waals surface area contributed by atoms with Crippen LogP contribution in [0.3, 0.4) is 0 Å². The van der Waals surface area contributed by atoms with E-state index < -0.39 is 0 Å². The van der Waals surface area contributed by atoms with Crippen molar-refractivity contribution >= 4 is 29.2 Å². The highest BCUT2D eigenvalue weighted by atomic mass is 32.2. The maximum Gasteiger partial charge on any atom is 0.141 e. The zero-order valence-electron chi connectivity index (χ0n) is 24.9. The predicted molar refractivity (Wildman–Crippen MR) is 177 cm³/mol. The molecule has 0 amide bonds. The summed E-state index contributed by atoms with van der Waals surface area (Å²) in [5, 5.41) is 11.8. The molecule has 0 aliphatic carbocycles. The molecular formula is C33H44N6O2S2. The molecule has 4 saturated heterocycles. The van der Waals surface area contributed by atoms with Crippen LogP contribution < -0.4 is 10.3 Å². The first kappa shape index (κ1) is 28.7. The summed E-state index contributed by atoms with van der Waals surface area (Å²) in [6, 6.07) is 9.10.